The molecular formula is C16H25N. The molecule has 1 aromatic rings. The topological polar surface area (TPSA) is 3.24 Å². The Kier molecular flexibility index (Phi) is 4.22. The summed E-state index contributed by atoms with van der Waals surface area (Å²) in [5, 5.41) is 0. The second-order valence-corrected chi connectivity index (χ2v) is 5.68. The highest BCUT2D eigenvalue weighted by molar-refractivity contribution is 5.22. The van der Waals surface area contributed by atoms with Crippen LogP contribution in [0.15, 0.2) is 30.3 Å². The minimum absolute atomic E-state index is 0.739. The first kappa shape index (κ1) is 12.6. The summed E-state index contributed by atoms with van der Waals surface area (Å²) >= 11 is 0. The highest BCUT2D eigenvalue weighted by atomic mass is 15.1. The minimum atomic E-state index is 0.739. The van der Waals surface area contributed by atoms with E-state index in [9.17, 15) is 0 Å². The Morgan fingerprint density at radius 3 is 2.47 bits per heavy atom. The fraction of sp³-hybridized carbons (Fsp3) is 0.625. The smallest absolute Gasteiger partial charge is 0.00536 e. The Hall–Kier alpha value is -0.820. The Bertz CT molecular complexity index is 331. The van der Waals surface area contributed by atoms with Gasteiger partial charge in [-0.25, -0.2) is 0 Å². The Morgan fingerprint density at radius 1 is 1.18 bits per heavy atom. The van der Waals surface area contributed by atoms with E-state index < -0.39 is 0 Å². The zero-order valence-electron chi connectivity index (χ0n) is 11.4. The van der Waals surface area contributed by atoms with E-state index in [0.29, 0.717) is 0 Å². The van der Waals surface area contributed by atoms with Crippen LogP contribution >= 0.6 is 0 Å². The summed E-state index contributed by atoms with van der Waals surface area (Å²) in [5.74, 6) is 2.34. The van der Waals surface area contributed by atoms with E-state index in [-0.39, 0.29) is 0 Å². The maximum atomic E-state index is 2.64. The van der Waals surface area contributed by atoms with Crippen molar-refractivity contribution in [3.05, 3.63) is 35.9 Å². The monoisotopic (exact) mass is 231 g/mol. The van der Waals surface area contributed by atoms with Crippen LogP contribution in [0.2, 0.25) is 0 Å². The molecule has 2 unspecified atom stereocenters. The van der Waals surface area contributed by atoms with Gasteiger partial charge in [-0.15, -0.1) is 0 Å². The van der Waals surface area contributed by atoms with Crippen molar-refractivity contribution in [2.24, 2.45) is 11.8 Å². The van der Waals surface area contributed by atoms with Crippen LogP contribution in [0, 0.1) is 11.8 Å². The van der Waals surface area contributed by atoms with Crippen LogP contribution in [0.5, 0.6) is 0 Å². The van der Waals surface area contributed by atoms with Gasteiger partial charge in [0.25, 0.3) is 0 Å². The molecule has 0 bridgehead atoms. The van der Waals surface area contributed by atoms with Crippen LogP contribution in [-0.4, -0.2) is 24.5 Å². The number of benzene rings is 1. The third-order valence-electron chi connectivity index (χ3n) is 4.06. The molecule has 94 valence electrons. The zero-order valence-corrected chi connectivity index (χ0v) is 11.4. The van der Waals surface area contributed by atoms with Crippen molar-refractivity contribution in [2.45, 2.75) is 33.1 Å². The molecule has 0 N–H and O–H groups in total. The molecule has 1 heteroatoms. The largest absolute Gasteiger partial charge is 0.302 e. The summed E-state index contributed by atoms with van der Waals surface area (Å²) in [6.45, 7) is 10.8. The second-order valence-electron chi connectivity index (χ2n) is 5.68. The van der Waals surface area contributed by atoms with Gasteiger partial charge < -0.3 is 4.90 Å². The Labute approximate surface area is 106 Å². The standard InChI is InChI=1S/C16H25N/c1-4-10-17-11-15(13(2)3)16(12-17)14-8-6-5-7-9-14/h5-9,13,15-16H,4,10-12H2,1-3H3. The average Bonchev–Trinajstić information content (AvgIpc) is 2.75. The molecule has 1 aliphatic rings. The van der Waals surface area contributed by atoms with E-state index in [1.54, 1.807) is 0 Å². The Morgan fingerprint density at radius 2 is 1.88 bits per heavy atom. The summed E-state index contributed by atoms with van der Waals surface area (Å²) < 4.78 is 0. The van der Waals surface area contributed by atoms with E-state index >= 15 is 0 Å². The molecule has 1 saturated heterocycles. The van der Waals surface area contributed by atoms with Gasteiger partial charge in [0, 0.05) is 19.0 Å². The van der Waals surface area contributed by atoms with Gasteiger partial charge in [-0.3, -0.25) is 0 Å². The molecule has 1 aromatic carbocycles. The van der Waals surface area contributed by atoms with Crippen molar-refractivity contribution in [3.63, 3.8) is 0 Å². The van der Waals surface area contributed by atoms with Crippen LogP contribution in [0.3, 0.4) is 0 Å². The fourth-order valence-corrected chi connectivity index (χ4v) is 3.14. The lowest BCUT2D eigenvalue weighted by Gasteiger charge is -2.22. The first-order valence-corrected chi connectivity index (χ1v) is 6.99. The van der Waals surface area contributed by atoms with Crippen LogP contribution < -0.4 is 0 Å². The molecule has 17 heavy (non-hydrogen) atoms. The lowest BCUT2D eigenvalue weighted by molar-refractivity contribution is 0.303. The average molecular weight is 231 g/mol. The fourth-order valence-electron chi connectivity index (χ4n) is 3.14. The van der Waals surface area contributed by atoms with E-state index in [1.165, 1.54) is 31.6 Å². The van der Waals surface area contributed by atoms with Crippen molar-refractivity contribution >= 4 is 0 Å². The van der Waals surface area contributed by atoms with Gasteiger partial charge in [-0.05, 0) is 30.4 Å². The Balaban J connectivity index is 2.14. The molecule has 0 radical (unpaired) electrons. The quantitative estimate of drug-likeness (QED) is 0.762. The second kappa shape index (κ2) is 5.68. The first-order chi connectivity index (χ1) is 8.22. The van der Waals surface area contributed by atoms with E-state index in [2.05, 4.69) is 56.0 Å². The molecular weight excluding hydrogens is 206 g/mol. The SMILES string of the molecule is CCCN1CC(c2ccccc2)C(C(C)C)C1. The summed E-state index contributed by atoms with van der Waals surface area (Å²) in [4.78, 5) is 2.64. The van der Waals surface area contributed by atoms with E-state index in [1.807, 2.05) is 0 Å². The third-order valence-corrected chi connectivity index (χ3v) is 4.06. The van der Waals surface area contributed by atoms with E-state index in [0.717, 1.165) is 17.8 Å². The predicted octanol–water partition coefficient (Wildman–Crippen LogP) is 3.77. The predicted molar refractivity (Wildman–Crippen MR) is 74.2 cm³/mol. The highest BCUT2D eigenvalue weighted by Crippen LogP contribution is 2.36. The van der Waals surface area contributed by atoms with Gasteiger partial charge in [0.1, 0.15) is 0 Å². The van der Waals surface area contributed by atoms with Gasteiger partial charge in [0.2, 0.25) is 0 Å². The van der Waals surface area contributed by atoms with Crippen LogP contribution in [-0.2, 0) is 0 Å². The van der Waals surface area contributed by atoms with Gasteiger partial charge in [0.15, 0.2) is 0 Å². The zero-order chi connectivity index (χ0) is 12.3. The summed E-state index contributed by atoms with van der Waals surface area (Å²) in [6, 6.07) is 11.1. The molecule has 0 aliphatic carbocycles. The number of likely N-dealkylation sites (tertiary alicyclic amines) is 1. The van der Waals surface area contributed by atoms with Crippen LogP contribution in [0.4, 0.5) is 0 Å². The third kappa shape index (κ3) is 2.90. The number of nitrogens with zero attached hydrogens (tertiary/aromatic N) is 1. The van der Waals surface area contributed by atoms with Crippen LogP contribution in [0.1, 0.15) is 38.7 Å². The normalized spacial score (nSPS) is 25.6. The first-order valence-electron chi connectivity index (χ1n) is 6.99. The molecule has 2 rings (SSSR count). The molecule has 0 saturated carbocycles. The summed E-state index contributed by atoms with van der Waals surface area (Å²) in [6.07, 6.45) is 1.27. The molecule has 0 aromatic heterocycles. The van der Waals surface area contributed by atoms with Crippen molar-refractivity contribution in [2.75, 3.05) is 19.6 Å². The van der Waals surface area contributed by atoms with Crippen molar-refractivity contribution in [1.29, 1.82) is 0 Å². The highest BCUT2D eigenvalue weighted by Gasteiger charge is 2.34. The van der Waals surface area contributed by atoms with Crippen molar-refractivity contribution < 1.29 is 0 Å². The van der Waals surface area contributed by atoms with E-state index in [4.69, 9.17) is 0 Å². The van der Waals surface area contributed by atoms with Crippen LogP contribution in [0.25, 0.3) is 0 Å². The number of rotatable bonds is 4. The van der Waals surface area contributed by atoms with Gasteiger partial charge >= 0.3 is 0 Å². The van der Waals surface area contributed by atoms with Gasteiger partial charge in [-0.1, -0.05) is 51.1 Å². The summed E-state index contributed by atoms with van der Waals surface area (Å²) in [7, 11) is 0. The molecule has 1 heterocycles. The molecule has 0 spiro atoms. The lowest BCUT2D eigenvalue weighted by Crippen LogP contribution is -2.22. The maximum absolute atomic E-state index is 2.64. The number of hydrogen-bond donors (Lipinski definition) is 0. The maximum Gasteiger partial charge on any atom is 0.00536 e. The number of hydrogen-bond acceptors (Lipinski definition) is 1. The summed E-state index contributed by atoms with van der Waals surface area (Å²) in [5.41, 5.74) is 1.53. The minimum Gasteiger partial charge on any atom is -0.302 e. The molecule has 0 amide bonds. The molecule has 1 fully saturated rings. The van der Waals surface area contributed by atoms with Crippen molar-refractivity contribution in [3.8, 4) is 0 Å². The molecule has 1 aliphatic heterocycles. The lowest BCUT2D eigenvalue weighted by atomic mass is 9.82. The van der Waals surface area contributed by atoms with Gasteiger partial charge in [-0.2, -0.15) is 0 Å². The van der Waals surface area contributed by atoms with Gasteiger partial charge in [0.05, 0.1) is 0 Å². The van der Waals surface area contributed by atoms with Crippen molar-refractivity contribution in [1.82, 2.24) is 4.90 Å². The molecule has 2 atom stereocenters. The molecule has 1 nitrogen and oxygen atoms in total.